The maximum absolute atomic E-state index is 10.9. The fourth-order valence-electron chi connectivity index (χ4n) is 1.69. The number of carboxylic acid groups (broad SMARTS) is 1. The topological polar surface area (TPSA) is 37.3 Å². The highest BCUT2D eigenvalue weighted by atomic mass is 24.3. The molecular weight excluding hydrogens is 212 g/mol. The lowest BCUT2D eigenvalue weighted by Crippen LogP contribution is -2.02. The lowest BCUT2D eigenvalue weighted by atomic mass is 10.0. The minimum atomic E-state index is -0.818. The SMILES string of the molecule is CCCCCCc1ccccc1C(=O)O.[MgH2]. The van der Waals surface area contributed by atoms with Crippen molar-refractivity contribution in [3.05, 3.63) is 35.4 Å². The third kappa shape index (κ3) is 4.99. The van der Waals surface area contributed by atoms with E-state index < -0.39 is 5.97 Å². The number of unbranched alkanes of at least 4 members (excludes halogenated alkanes) is 3. The second-order valence-corrected chi connectivity index (χ2v) is 3.77. The van der Waals surface area contributed by atoms with Crippen molar-refractivity contribution in [2.45, 2.75) is 39.0 Å². The Labute approximate surface area is 113 Å². The average Bonchev–Trinajstić information content (AvgIpc) is 2.25. The Morgan fingerprint density at radius 1 is 1.19 bits per heavy atom. The van der Waals surface area contributed by atoms with Crippen LogP contribution < -0.4 is 0 Å². The molecule has 0 saturated heterocycles. The minimum Gasteiger partial charge on any atom is -0.478 e. The van der Waals surface area contributed by atoms with Crippen LogP contribution in [0.15, 0.2) is 24.3 Å². The van der Waals surface area contributed by atoms with Crippen molar-refractivity contribution in [1.29, 1.82) is 0 Å². The van der Waals surface area contributed by atoms with Crippen molar-refractivity contribution < 1.29 is 9.90 Å². The molecule has 0 aromatic heterocycles. The van der Waals surface area contributed by atoms with Gasteiger partial charge in [0.2, 0.25) is 0 Å². The highest BCUT2D eigenvalue weighted by molar-refractivity contribution is 5.89. The van der Waals surface area contributed by atoms with Gasteiger partial charge in [0, 0.05) is 0 Å². The van der Waals surface area contributed by atoms with Gasteiger partial charge in [-0.1, -0.05) is 44.4 Å². The molecule has 1 aromatic rings. The first-order valence-corrected chi connectivity index (χ1v) is 5.57. The average molecular weight is 233 g/mol. The van der Waals surface area contributed by atoms with Gasteiger partial charge in [-0.05, 0) is 24.5 Å². The highest BCUT2D eigenvalue weighted by Gasteiger charge is 2.07. The molecule has 16 heavy (non-hydrogen) atoms. The van der Waals surface area contributed by atoms with Crippen molar-refractivity contribution in [1.82, 2.24) is 0 Å². The highest BCUT2D eigenvalue weighted by Crippen LogP contribution is 2.13. The zero-order valence-electron chi connectivity index (χ0n) is 9.20. The predicted octanol–water partition coefficient (Wildman–Crippen LogP) is 2.59. The Bertz CT molecular complexity index is 323. The monoisotopic (exact) mass is 232 g/mol. The van der Waals surface area contributed by atoms with Crippen LogP contribution in [0.3, 0.4) is 0 Å². The van der Waals surface area contributed by atoms with Crippen LogP contribution in [0, 0.1) is 0 Å². The molecule has 2 nitrogen and oxygen atoms in total. The largest absolute Gasteiger partial charge is 0.478 e. The summed E-state index contributed by atoms with van der Waals surface area (Å²) >= 11 is 0. The molecular formula is C13H20MgO2. The Morgan fingerprint density at radius 2 is 1.88 bits per heavy atom. The molecule has 3 heteroatoms. The molecule has 1 rings (SSSR count). The molecule has 0 aliphatic carbocycles. The number of carboxylic acids is 1. The molecule has 0 bridgehead atoms. The van der Waals surface area contributed by atoms with E-state index in [1.807, 2.05) is 12.1 Å². The maximum atomic E-state index is 10.9. The maximum Gasteiger partial charge on any atom is 0.335 e. The lowest BCUT2D eigenvalue weighted by Gasteiger charge is -2.05. The Hall–Kier alpha value is -0.544. The second kappa shape index (κ2) is 8.59. The van der Waals surface area contributed by atoms with Gasteiger partial charge in [-0.3, -0.25) is 0 Å². The molecule has 86 valence electrons. The summed E-state index contributed by atoms with van der Waals surface area (Å²) in [5.41, 5.74) is 1.41. The van der Waals surface area contributed by atoms with Crippen LogP contribution in [-0.4, -0.2) is 34.1 Å². The summed E-state index contributed by atoms with van der Waals surface area (Å²) in [6.07, 6.45) is 5.58. The normalized spacial score (nSPS) is 9.56. The molecule has 0 spiro atoms. The summed E-state index contributed by atoms with van der Waals surface area (Å²) in [4.78, 5) is 10.9. The molecule has 0 heterocycles. The third-order valence-corrected chi connectivity index (χ3v) is 2.55. The smallest absolute Gasteiger partial charge is 0.335 e. The zero-order valence-corrected chi connectivity index (χ0v) is 9.20. The summed E-state index contributed by atoms with van der Waals surface area (Å²) in [7, 11) is 0. The Balaban J connectivity index is 0.00000225. The first kappa shape index (κ1) is 15.5. The van der Waals surface area contributed by atoms with E-state index in [1.54, 1.807) is 12.1 Å². The van der Waals surface area contributed by atoms with Crippen LogP contribution in [0.1, 0.15) is 48.5 Å². The standard InChI is InChI=1S/C13H18O2.Mg.2H/c1-2-3-4-5-8-11-9-6-7-10-12(11)13(14)15;;;/h6-7,9-10H,2-5,8H2,1H3,(H,14,15);;;. The van der Waals surface area contributed by atoms with Crippen molar-refractivity contribution in [3.63, 3.8) is 0 Å². The summed E-state index contributed by atoms with van der Waals surface area (Å²) in [6.45, 7) is 2.17. The van der Waals surface area contributed by atoms with E-state index in [0.717, 1.165) is 18.4 Å². The van der Waals surface area contributed by atoms with E-state index in [1.165, 1.54) is 19.3 Å². The predicted molar refractivity (Wildman–Crippen MR) is 69.8 cm³/mol. The van der Waals surface area contributed by atoms with Crippen LogP contribution in [0.2, 0.25) is 0 Å². The third-order valence-electron chi connectivity index (χ3n) is 2.55. The molecule has 1 N–H and O–H groups in total. The van der Waals surface area contributed by atoms with Crippen molar-refractivity contribution >= 4 is 29.0 Å². The molecule has 0 aliphatic heterocycles. The lowest BCUT2D eigenvalue weighted by molar-refractivity contribution is 0.0695. The fourth-order valence-corrected chi connectivity index (χ4v) is 1.69. The summed E-state index contributed by atoms with van der Waals surface area (Å²) < 4.78 is 0. The molecule has 0 aliphatic rings. The molecule has 0 saturated carbocycles. The molecule has 0 amide bonds. The van der Waals surface area contributed by atoms with Crippen LogP contribution >= 0.6 is 0 Å². The number of hydrogen-bond acceptors (Lipinski definition) is 1. The number of carbonyl (C=O) groups is 1. The first-order chi connectivity index (χ1) is 7.25. The fraction of sp³-hybridized carbons (Fsp3) is 0.462. The van der Waals surface area contributed by atoms with Gasteiger partial charge in [0.05, 0.1) is 5.56 Å². The van der Waals surface area contributed by atoms with Crippen LogP contribution in [-0.2, 0) is 6.42 Å². The van der Waals surface area contributed by atoms with Gasteiger partial charge in [-0.15, -0.1) is 0 Å². The Kier molecular flexibility index (Phi) is 8.30. The van der Waals surface area contributed by atoms with Gasteiger partial charge in [0.1, 0.15) is 0 Å². The molecule has 0 radical (unpaired) electrons. The number of aromatic carboxylic acids is 1. The van der Waals surface area contributed by atoms with E-state index >= 15 is 0 Å². The van der Waals surface area contributed by atoms with E-state index in [4.69, 9.17) is 5.11 Å². The van der Waals surface area contributed by atoms with E-state index in [-0.39, 0.29) is 23.1 Å². The summed E-state index contributed by atoms with van der Waals surface area (Å²) in [5.74, 6) is -0.818. The van der Waals surface area contributed by atoms with E-state index in [9.17, 15) is 4.79 Å². The van der Waals surface area contributed by atoms with Crippen LogP contribution in [0.5, 0.6) is 0 Å². The molecule has 1 aromatic carbocycles. The van der Waals surface area contributed by atoms with Crippen LogP contribution in [0.25, 0.3) is 0 Å². The molecule has 0 fully saturated rings. The van der Waals surface area contributed by atoms with E-state index in [2.05, 4.69) is 6.92 Å². The summed E-state index contributed by atoms with van der Waals surface area (Å²) in [6, 6.07) is 7.27. The number of aryl methyl sites for hydroxylation is 1. The van der Waals surface area contributed by atoms with Gasteiger partial charge < -0.3 is 5.11 Å². The van der Waals surface area contributed by atoms with E-state index in [0.29, 0.717) is 5.56 Å². The number of hydrogen-bond donors (Lipinski definition) is 1. The van der Waals surface area contributed by atoms with Crippen LogP contribution in [0.4, 0.5) is 0 Å². The quantitative estimate of drug-likeness (QED) is 0.605. The van der Waals surface area contributed by atoms with Gasteiger partial charge in [0.25, 0.3) is 0 Å². The first-order valence-electron chi connectivity index (χ1n) is 5.57. The van der Waals surface area contributed by atoms with Crippen molar-refractivity contribution in [2.24, 2.45) is 0 Å². The minimum absolute atomic E-state index is 0. The zero-order chi connectivity index (χ0) is 11.1. The van der Waals surface area contributed by atoms with Gasteiger partial charge in [0.15, 0.2) is 0 Å². The number of rotatable bonds is 6. The summed E-state index contributed by atoms with van der Waals surface area (Å²) in [5, 5.41) is 8.97. The molecule has 0 unspecified atom stereocenters. The van der Waals surface area contributed by atoms with Crippen molar-refractivity contribution in [2.75, 3.05) is 0 Å². The number of benzene rings is 1. The molecule has 0 atom stereocenters. The van der Waals surface area contributed by atoms with Gasteiger partial charge in [-0.25, -0.2) is 4.79 Å². The van der Waals surface area contributed by atoms with Gasteiger partial charge in [-0.2, -0.15) is 0 Å². The van der Waals surface area contributed by atoms with Crippen molar-refractivity contribution in [3.8, 4) is 0 Å². The van der Waals surface area contributed by atoms with Gasteiger partial charge >= 0.3 is 29.0 Å². The second-order valence-electron chi connectivity index (χ2n) is 3.77. The Morgan fingerprint density at radius 3 is 2.50 bits per heavy atom.